The Hall–Kier alpha value is -1.18. The number of hydrogen-bond acceptors (Lipinski definition) is 2. The molecular weight excluding hydrogens is 100 g/mol. The Balaban J connectivity index is 2.67. The lowest BCUT2D eigenvalue weighted by Crippen LogP contribution is -1.72. The van der Waals surface area contributed by atoms with Crippen molar-refractivity contribution >= 4 is 12.4 Å². The molecule has 0 aromatic rings. The predicted octanol–water partition coefficient (Wildman–Crippen LogP) is 1.17. The van der Waals surface area contributed by atoms with Crippen molar-refractivity contribution in [3.05, 3.63) is 24.6 Å². The van der Waals surface area contributed by atoms with E-state index in [1.54, 1.807) is 24.8 Å². The third-order valence-corrected chi connectivity index (χ3v) is 0.694. The summed E-state index contributed by atoms with van der Waals surface area (Å²) in [7, 11) is 0. The van der Waals surface area contributed by atoms with Gasteiger partial charge in [-0.3, -0.25) is 9.98 Å². The quantitative estimate of drug-likeness (QED) is 0.443. The van der Waals surface area contributed by atoms with Crippen LogP contribution in [0.15, 0.2) is 34.5 Å². The van der Waals surface area contributed by atoms with Crippen LogP contribution in [-0.2, 0) is 0 Å². The molecule has 0 aromatic heterocycles. The topological polar surface area (TPSA) is 24.7 Å². The lowest BCUT2D eigenvalue weighted by Gasteiger charge is -1.77. The molecule has 0 spiro atoms. The van der Waals surface area contributed by atoms with Crippen LogP contribution in [0.25, 0.3) is 0 Å². The van der Waals surface area contributed by atoms with Crippen LogP contribution in [0.1, 0.15) is 0 Å². The van der Waals surface area contributed by atoms with Crippen molar-refractivity contribution in [2.24, 2.45) is 9.98 Å². The zero-order valence-electron chi connectivity index (χ0n) is 4.36. The third kappa shape index (κ3) is 1.51. The van der Waals surface area contributed by atoms with Crippen molar-refractivity contribution in [2.45, 2.75) is 0 Å². The van der Waals surface area contributed by atoms with Gasteiger partial charge in [-0.25, -0.2) is 0 Å². The van der Waals surface area contributed by atoms with Crippen LogP contribution in [0, 0.1) is 0 Å². The Kier molecular flexibility index (Phi) is 1.80. The molecular formula is C6H6N2. The second kappa shape index (κ2) is 2.91. The van der Waals surface area contributed by atoms with Crippen LogP contribution in [0.4, 0.5) is 0 Å². The summed E-state index contributed by atoms with van der Waals surface area (Å²) in [6.45, 7) is 0. The molecule has 1 rings (SSSR count). The fraction of sp³-hybridized carbons (Fsp3) is 0. The van der Waals surface area contributed by atoms with E-state index >= 15 is 0 Å². The zero-order valence-corrected chi connectivity index (χ0v) is 4.36. The number of rotatable bonds is 0. The van der Waals surface area contributed by atoms with Gasteiger partial charge in [-0.05, 0) is 12.2 Å². The fourth-order valence-corrected chi connectivity index (χ4v) is 0.375. The maximum absolute atomic E-state index is 3.82. The minimum Gasteiger partial charge on any atom is -0.263 e. The largest absolute Gasteiger partial charge is 0.263 e. The van der Waals surface area contributed by atoms with Crippen LogP contribution in [-0.4, -0.2) is 12.4 Å². The van der Waals surface area contributed by atoms with Gasteiger partial charge in [-0.2, -0.15) is 0 Å². The first-order valence-corrected chi connectivity index (χ1v) is 2.37. The molecule has 2 nitrogen and oxygen atoms in total. The van der Waals surface area contributed by atoms with Crippen molar-refractivity contribution in [3.63, 3.8) is 0 Å². The van der Waals surface area contributed by atoms with Gasteiger partial charge >= 0.3 is 0 Å². The average molecular weight is 106 g/mol. The second-order valence-corrected chi connectivity index (χ2v) is 1.28. The maximum atomic E-state index is 3.82. The summed E-state index contributed by atoms with van der Waals surface area (Å²) in [4.78, 5) is 7.65. The van der Waals surface area contributed by atoms with Crippen molar-refractivity contribution in [1.29, 1.82) is 0 Å². The molecule has 0 radical (unpaired) electrons. The molecule has 0 fully saturated rings. The van der Waals surface area contributed by atoms with E-state index in [4.69, 9.17) is 0 Å². The Bertz CT molecular complexity index is 107. The minimum atomic E-state index is 1.64. The summed E-state index contributed by atoms with van der Waals surface area (Å²) in [6, 6.07) is 0. The highest BCUT2D eigenvalue weighted by atomic mass is 14.7. The molecule has 2 heteroatoms. The van der Waals surface area contributed by atoms with Gasteiger partial charge in [-0.1, -0.05) is 0 Å². The monoisotopic (exact) mass is 106 g/mol. The van der Waals surface area contributed by atoms with Crippen molar-refractivity contribution < 1.29 is 0 Å². The molecule has 1 heterocycles. The van der Waals surface area contributed by atoms with E-state index in [1.165, 1.54) is 0 Å². The highest BCUT2D eigenvalue weighted by Crippen LogP contribution is 1.80. The Labute approximate surface area is 48.0 Å². The highest BCUT2D eigenvalue weighted by molar-refractivity contribution is 6.16. The van der Waals surface area contributed by atoms with Gasteiger partial charge in [0.25, 0.3) is 0 Å². The second-order valence-electron chi connectivity index (χ2n) is 1.28. The molecule has 0 atom stereocenters. The van der Waals surface area contributed by atoms with Crippen molar-refractivity contribution in [3.8, 4) is 0 Å². The van der Waals surface area contributed by atoms with E-state index in [2.05, 4.69) is 9.98 Å². The molecule has 0 aromatic carbocycles. The van der Waals surface area contributed by atoms with E-state index in [9.17, 15) is 0 Å². The number of aliphatic imine (C=N–C) groups is 2. The number of allylic oxidation sites excluding steroid dienone is 2. The average Bonchev–Trinajstić information content (AvgIpc) is 1.62. The van der Waals surface area contributed by atoms with Gasteiger partial charge in [-0.15, -0.1) is 0 Å². The fourth-order valence-electron chi connectivity index (χ4n) is 0.375. The molecule has 0 unspecified atom stereocenters. The van der Waals surface area contributed by atoms with Gasteiger partial charge in [0.1, 0.15) is 0 Å². The summed E-state index contributed by atoms with van der Waals surface area (Å²) in [6.07, 6.45) is 10.4. The first kappa shape index (κ1) is 4.97. The van der Waals surface area contributed by atoms with E-state index in [0.717, 1.165) is 0 Å². The highest BCUT2D eigenvalue weighted by Gasteiger charge is 1.66. The number of nitrogens with zero attached hydrogens (tertiary/aromatic N) is 2. The standard InChI is InChI=1S/C6H6N2/c1-2-4-8-6-5-7-3-1/h1-6H. The van der Waals surface area contributed by atoms with Crippen LogP contribution in [0.3, 0.4) is 0 Å². The minimum absolute atomic E-state index is 1.64. The smallest absolute Gasteiger partial charge is 0.0450 e. The van der Waals surface area contributed by atoms with Gasteiger partial charge < -0.3 is 0 Å². The van der Waals surface area contributed by atoms with Crippen LogP contribution < -0.4 is 0 Å². The molecule has 0 saturated heterocycles. The van der Waals surface area contributed by atoms with E-state index < -0.39 is 0 Å². The predicted molar refractivity (Wildman–Crippen MR) is 35.3 cm³/mol. The SMILES string of the molecule is C1=CN=CC=NC=C1. The maximum Gasteiger partial charge on any atom is 0.0450 e. The first-order valence-electron chi connectivity index (χ1n) is 2.37. The summed E-state index contributed by atoms with van der Waals surface area (Å²) in [5.41, 5.74) is 0. The lowest BCUT2D eigenvalue weighted by atomic mass is 10.5. The molecule has 0 N–H and O–H groups in total. The van der Waals surface area contributed by atoms with Crippen molar-refractivity contribution in [2.75, 3.05) is 0 Å². The van der Waals surface area contributed by atoms with Gasteiger partial charge in [0.05, 0.1) is 0 Å². The Morgan fingerprint density at radius 1 is 0.750 bits per heavy atom. The zero-order chi connectivity index (χ0) is 5.66. The van der Waals surface area contributed by atoms with Gasteiger partial charge in [0.15, 0.2) is 0 Å². The summed E-state index contributed by atoms with van der Waals surface area (Å²) in [5, 5.41) is 0. The van der Waals surface area contributed by atoms with E-state index in [-0.39, 0.29) is 0 Å². The third-order valence-electron chi connectivity index (χ3n) is 0.694. The lowest BCUT2D eigenvalue weighted by molar-refractivity contribution is 1.54. The molecule has 8 heavy (non-hydrogen) atoms. The molecule has 40 valence electrons. The Morgan fingerprint density at radius 2 is 1.25 bits per heavy atom. The van der Waals surface area contributed by atoms with Gasteiger partial charge in [0.2, 0.25) is 0 Å². The normalized spacial score (nSPS) is 16.0. The number of hydrogen-bond donors (Lipinski definition) is 0. The molecule has 1 aliphatic rings. The van der Waals surface area contributed by atoms with Gasteiger partial charge in [0, 0.05) is 24.8 Å². The van der Waals surface area contributed by atoms with Crippen LogP contribution >= 0.6 is 0 Å². The summed E-state index contributed by atoms with van der Waals surface area (Å²) in [5.74, 6) is 0. The van der Waals surface area contributed by atoms with Crippen molar-refractivity contribution in [1.82, 2.24) is 0 Å². The summed E-state index contributed by atoms with van der Waals surface area (Å²) >= 11 is 0. The molecule has 0 aliphatic carbocycles. The van der Waals surface area contributed by atoms with E-state index in [1.807, 2.05) is 12.2 Å². The first-order chi connectivity index (χ1) is 4.00. The van der Waals surface area contributed by atoms with Crippen LogP contribution in [0.2, 0.25) is 0 Å². The Morgan fingerprint density at radius 3 is 1.75 bits per heavy atom. The molecule has 0 amide bonds. The molecule has 0 bridgehead atoms. The van der Waals surface area contributed by atoms with Crippen LogP contribution in [0.5, 0.6) is 0 Å². The summed E-state index contributed by atoms with van der Waals surface area (Å²) < 4.78 is 0. The van der Waals surface area contributed by atoms with E-state index in [0.29, 0.717) is 0 Å². The molecule has 1 aliphatic heterocycles. The molecule has 0 saturated carbocycles.